The Morgan fingerprint density at radius 2 is 2.00 bits per heavy atom. The molecule has 2 rings (SSSR count). The quantitative estimate of drug-likeness (QED) is 0.834. The van der Waals surface area contributed by atoms with E-state index in [1.165, 1.54) is 0 Å². The Morgan fingerprint density at radius 3 is 2.58 bits per heavy atom. The third kappa shape index (κ3) is 5.75. The largest absolute Gasteiger partial charge is 0.444 e. The van der Waals surface area contributed by atoms with Crippen molar-refractivity contribution in [3.8, 4) is 0 Å². The summed E-state index contributed by atoms with van der Waals surface area (Å²) >= 11 is 0. The molecule has 1 fully saturated rings. The maximum Gasteiger partial charge on any atom is 0.407 e. The van der Waals surface area contributed by atoms with Crippen LogP contribution in [-0.2, 0) is 11.2 Å². The van der Waals surface area contributed by atoms with E-state index >= 15 is 0 Å². The van der Waals surface area contributed by atoms with Gasteiger partial charge in [-0.2, -0.15) is 0 Å². The number of aromatic nitrogens is 1. The molecule has 1 aliphatic rings. The zero-order valence-electron chi connectivity index (χ0n) is 16.4. The summed E-state index contributed by atoms with van der Waals surface area (Å²) in [5, 5.41) is 9.87. The molecule has 7 nitrogen and oxygen atoms in total. The molecule has 1 aromatic rings. The van der Waals surface area contributed by atoms with Crippen molar-refractivity contribution in [3.63, 3.8) is 0 Å². The number of nitrogens with zero attached hydrogens (tertiary/aromatic N) is 1. The topological polar surface area (TPSA) is 93.5 Å². The van der Waals surface area contributed by atoms with Crippen LogP contribution in [0, 0.1) is 5.92 Å². The van der Waals surface area contributed by atoms with Crippen molar-refractivity contribution in [1.29, 1.82) is 0 Å². The number of carbonyl (C=O) groups excluding carboxylic acids is 2. The highest BCUT2D eigenvalue weighted by molar-refractivity contribution is 5.92. The van der Waals surface area contributed by atoms with Crippen LogP contribution in [-0.4, -0.2) is 34.8 Å². The number of nitrogens with one attached hydrogen (secondary N) is 2. The third-order valence-electron chi connectivity index (χ3n) is 4.68. The predicted octanol–water partition coefficient (Wildman–Crippen LogP) is 3.44. The van der Waals surface area contributed by atoms with E-state index in [9.17, 15) is 9.59 Å². The highest BCUT2D eigenvalue weighted by Crippen LogP contribution is 2.28. The maximum atomic E-state index is 12.4. The molecule has 26 heavy (non-hydrogen) atoms. The van der Waals surface area contributed by atoms with Crippen LogP contribution in [0.5, 0.6) is 0 Å². The number of amides is 2. The fourth-order valence-corrected chi connectivity index (χ4v) is 3.34. The minimum absolute atomic E-state index is 0.0710. The molecule has 0 bridgehead atoms. The van der Waals surface area contributed by atoms with Gasteiger partial charge in [0.1, 0.15) is 11.4 Å². The molecule has 146 valence electrons. The summed E-state index contributed by atoms with van der Waals surface area (Å²) < 4.78 is 10.4. The van der Waals surface area contributed by atoms with Gasteiger partial charge in [-0.15, -0.1) is 0 Å². The van der Waals surface area contributed by atoms with Gasteiger partial charge in [-0.3, -0.25) is 4.79 Å². The fourth-order valence-electron chi connectivity index (χ4n) is 3.34. The Labute approximate surface area is 155 Å². The molecule has 7 heteroatoms. The van der Waals surface area contributed by atoms with Gasteiger partial charge in [-0.25, -0.2) is 4.79 Å². The molecule has 1 saturated carbocycles. The molecule has 0 saturated heterocycles. The second-order valence-electron chi connectivity index (χ2n) is 7.94. The van der Waals surface area contributed by atoms with E-state index in [1.54, 1.807) is 6.07 Å². The van der Waals surface area contributed by atoms with Gasteiger partial charge in [0, 0.05) is 24.6 Å². The van der Waals surface area contributed by atoms with Crippen LogP contribution in [0.3, 0.4) is 0 Å². The molecule has 0 aliphatic heterocycles. The molecule has 1 aromatic heterocycles. The van der Waals surface area contributed by atoms with E-state index in [0.717, 1.165) is 25.7 Å². The molecule has 1 heterocycles. The number of carbonyl (C=O) groups is 2. The zero-order chi connectivity index (χ0) is 19.3. The van der Waals surface area contributed by atoms with Gasteiger partial charge in [0.05, 0.1) is 0 Å². The minimum Gasteiger partial charge on any atom is -0.444 e. The summed E-state index contributed by atoms with van der Waals surface area (Å²) in [5.74, 6) is 0.799. The van der Waals surface area contributed by atoms with Gasteiger partial charge in [-0.05, 0) is 46.0 Å². The first kappa shape index (κ1) is 20.3. The normalized spacial score (nSPS) is 23.3. The molecule has 0 aromatic carbocycles. The summed E-state index contributed by atoms with van der Waals surface area (Å²) in [7, 11) is 0. The van der Waals surface area contributed by atoms with Crippen LogP contribution in [0.25, 0.3) is 0 Å². The number of rotatable bonds is 5. The van der Waals surface area contributed by atoms with Crippen LogP contribution in [0.4, 0.5) is 4.79 Å². The van der Waals surface area contributed by atoms with Crippen molar-refractivity contribution in [3.05, 3.63) is 17.5 Å². The average Bonchev–Trinajstić information content (AvgIpc) is 3.03. The van der Waals surface area contributed by atoms with Crippen molar-refractivity contribution in [2.45, 2.75) is 84.4 Å². The van der Waals surface area contributed by atoms with E-state index in [-0.39, 0.29) is 24.1 Å². The van der Waals surface area contributed by atoms with E-state index in [4.69, 9.17) is 9.26 Å². The minimum atomic E-state index is -0.506. The predicted molar refractivity (Wildman–Crippen MR) is 97.9 cm³/mol. The van der Waals surface area contributed by atoms with Gasteiger partial charge in [0.15, 0.2) is 5.69 Å². The fraction of sp³-hybridized carbons (Fsp3) is 0.737. The molecular formula is C19H31N3O4. The van der Waals surface area contributed by atoms with Gasteiger partial charge in [0.2, 0.25) is 0 Å². The Hall–Kier alpha value is -2.05. The highest BCUT2D eigenvalue weighted by atomic mass is 16.6. The summed E-state index contributed by atoms with van der Waals surface area (Å²) in [6, 6.07) is 1.83. The Kier molecular flexibility index (Phi) is 6.67. The van der Waals surface area contributed by atoms with Gasteiger partial charge >= 0.3 is 6.09 Å². The van der Waals surface area contributed by atoms with E-state index in [2.05, 4.69) is 22.7 Å². The molecule has 0 unspecified atom stereocenters. The lowest BCUT2D eigenvalue weighted by Crippen LogP contribution is -2.49. The lowest BCUT2D eigenvalue weighted by molar-refractivity contribution is 0.0473. The molecule has 2 N–H and O–H groups in total. The maximum absolute atomic E-state index is 12.4. The molecule has 1 aliphatic carbocycles. The number of hydrogen-bond acceptors (Lipinski definition) is 5. The van der Waals surface area contributed by atoms with Crippen molar-refractivity contribution in [2.75, 3.05) is 0 Å². The SMILES string of the molecule is CCc1cc(C(=O)N[C@H]2CC[C@H](NC(=O)OC(C)(C)C)C[C@H]2CC)no1. The monoisotopic (exact) mass is 365 g/mol. The van der Waals surface area contributed by atoms with Crippen molar-refractivity contribution < 1.29 is 18.8 Å². The van der Waals surface area contributed by atoms with Crippen molar-refractivity contribution >= 4 is 12.0 Å². The average molecular weight is 365 g/mol. The van der Waals surface area contributed by atoms with Crippen molar-refractivity contribution in [1.82, 2.24) is 15.8 Å². The third-order valence-corrected chi connectivity index (χ3v) is 4.68. The Morgan fingerprint density at radius 1 is 1.27 bits per heavy atom. The van der Waals surface area contributed by atoms with Crippen molar-refractivity contribution in [2.24, 2.45) is 5.92 Å². The van der Waals surface area contributed by atoms with Gasteiger partial charge in [0.25, 0.3) is 5.91 Å². The smallest absolute Gasteiger partial charge is 0.407 e. The number of aryl methyl sites for hydroxylation is 1. The van der Waals surface area contributed by atoms with Crippen LogP contribution in [0.2, 0.25) is 0 Å². The van der Waals surface area contributed by atoms with E-state index < -0.39 is 5.60 Å². The van der Waals surface area contributed by atoms with Crippen LogP contribution in [0.15, 0.2) is 10.6 Å². The summed E-state index contributed by atoms with van der Waals surface area (Å²) in [6.45, 7) is 9.60. The standard InChI is InChI=1S/C19H31N3O4/c1-6-12-10-13(20-18(24)25-19(3,4)5)8-9-15(12)21-17(23)16-11-14(7-2)26-22-16/h11-13,15H,6-10H2,1-5H3,(H,20,24)(H,21,23)/t12-,13+,15+/m1/s1. The summed E-state index contributed by atoms with van der Waals surface area (Å²) in [6.07, 6.45) is 3.69. The first-order chi connectivity index (χ1) is 12.2. The van der Waals surface area contributed by atoms with Crippen LogP contribution in [0.1, 0.15) is 76.6 Å². The molecule has 0 spiro atoms. The Balaban J connectivity index is 1.89. The number of hydrogen-bond donors (Lipinski definition) is 2. The lowest BCUT2D eigenvalue weighted by atomic mass is 9.80. The first-order valence-electron chi connectivity index (χ1n) is 9.47. The van der Waals surface area contributed by atoms with E-state index in [1.807, 2.05) is 27.7 Å². The Bertz CT molecular complexity index is 621. The first-order valence-corrected chi connectivity index (χ1v) is 9.47. The van der Waals surface area contributed by atoms with Crippen LogP contribution < -0.4 is 10.6 Å². The molecule has 2 amide bonds. The van der Waals surface area contributed by atoms with Gasteiger partial charge in [-0.1, -0.05) is 25.4 Å². The highest BCUT2D eigenvalue weighted by Gasteiger charge is 2.32. The van der Waals surface area contributed by atoms with Gasteiger partial charge < -0.3 is 19.9 Å². The zero-order valence-corrected chi connectivity index (χ0v) is 16.4. The molecule has 0 radical (unpaired) electrons. The second kappa shape index (κ2) is 8.56. The number of ether oxygens (including phenoxy) is 1. The molecule has 3 atom stereocenters. The van der Waals surface area contributed by atoms with E-state index in [0.29, 0.717) is 23.8 Å². The number of alkyl carbamates (subject to hydrolysis) is 1. The summed E-state index contributed by atoms with van der Waals surface area (Å²) in [4.78, 5) is 24.4. The second-order valence-corrected chi connectivity index (χ2v) is 7.94. The summed E-state index contributed by atoms with van der Waals surface area (Å²) in [5.41, 5.74) is -0.181. The lowest BCUT2D eigenvalue weighted by Gasteiger charge is -2.36. The van der Waals surface area contributed by atoms with Crippen LogP contribution >= 0.6 is 0 Å². The molecular weight excluding hydrogens is 334 g/mol.